The Kier molecular flexibility index (Phi) is 4.89. The van der Waals surface area contributed by atoms with Crippen molar-refractivity contribution in [3.05, 3.63) is 23.2 Å². The van der Waals surface area contributed by atoms with Gasteiger partial charge in [0.25, 0.3) is 0 Å². The molecule has 110 valence electrons. The number of amides is 1. The number of nitrogens with one attached hydrogen (secondary N) is 2. The van der Waals surface area contributed by atoms with Gasteiger partial charge in [0.1, 0.15) is 0 Å². The summed E-state index contributed by atoms with van der Waals surface area (Å²) in [5.74, 6) is -0.114. The van der Waals surface area contributed by atoms with Gasteiger partial charge in [-0.1, -0.05) is 11.6 Å². The van der Waals surface area contributed by atoms with Crippen molar-refractivity contribution in [1.29, 1.82) is 0 Å². The summed E-state index contributed by atoms with van der Waals surface area (Å²) in [6.07, 6.45) is 2.26. The van der Waals surface area contributed by atoms with E-state index < -0.39 is 0 Å². The number of hydrogen-bond donors (Lipinski definition) is 2. The Morgan fingerprint density at radius 2 is 2.20 bits per heavy atom. The van der Waals surface area contributed by atoms with Crippen LogP contribution in [-0.4, -0.2) is 36.5 Å². The van der Waals surface area contributed by atoms with Crippen LogP contribution in [0.3, 0.4) is 0 Å². The smallest absolute Gasteiger partial charge is 0.221 e. The molecule has 20 heavy (non-hydrogen) atoms. The average Bonchev–Trinajstić information content (AvgIpc) is 2.37. The summed E-state index contributed by atoms with van der Waals surface area (Å²) in [7, 11) is 2.17. The second-order valence-electron chi connectivity index (χ2n) is 5.57. The number of nitrogens with zero attached hydrogens (tertiary/aromatic N) is 1. The molecule has 2 atom stereocenters. The van der Waals surface area contributed by atoms with Gasteiger partial charge in [0.2, 0.25) is 5.91 Å². The van der Waals surface area contributed by atoms with Gasteiger partial charge in [0.05, 0.1) is 10.7 Å². The number of carbonyl (C=O) groups is 1. The molecule has 2 unspecified atom stereocenters. The van der Waals surface area contributed by atoms with Crippen LogP contribution in [0.4, 0.5) is 11.4 Å². The second kappa shape index (κ2) is 6.46. The summed E-state index contributed by atoms with van der Waals surface area (Å²) in [6.45, 7) is 4.83. The zero-order valence-electron chi connectivity index (χ0n) is 12.2. The SMILES string of the molecule is CC(=O)Nc1ccc(NC2CCN(C)C(C)C2)cc1Cl. The van der Waals surface area contributed by atoms with Gasteiger partial charge < -0.3 is 15.5 Å². The molecule has 1 aliphatic rings. The quantitative estimate of drug-likeness (QED) is 0.900. The normalized spacial score (nSPS) is 23.4. The Labute approximate surface area is 125 Å². The maximum absolute atomic E-state index is 11.0. The van der Waals surface area contributed by atoms with Crippen molar-refractivity contribution in [1.82, 2.24) is 4.90 Å². The fourth-order valence-electron chi connectivity index (χ4n) is 2.55. The minimum Gasteiger partial charge on any atom is -0.382 e. The molecule has 1 fully saturated rings. The Morgan fingerprint density at radius 1 is 1.45 bits per heavy atom. The third-order valence-electron chi connectivity index (χ3n) is 3.86. The van der Waals surface area contributed by atoms with E-state index in [0.29, 0.717) is 22.8 Å². The Bertz CT molecular complexity index is 492. The van der Waals surface area contributed by atoms with Gasteiger partial charge in [-0.05, 0) is 45.0 Å². The molecule has 0 radical (unpaired) electrons. The lowest BCUT2D eigenvalue weighted by atomic mass is 9.98. The molecular weight excluding hydrogens is 274 g/mol. The molecule has 5 heteroatoms. The minimum absolute atomic E-state index is 0.114. The third kappa shape index (κ3) is 3.87. The van der Waals surface area contributed by atoms with Crippen molar-refractivity contribution in [3.8, 4) is 0 Å². The molecule has 0 saturated carbocycles. The summed E-state index contributed by atoms with van der Waals surface area (Å²) >= 11 is 6.18. The maximum Gasteiger partial charge on any atom is 0.221 e. The van der Waals surface area contributed by atoms with Gasteiger partial charge in [-0.25, -0.2) is 0 Å². The van der Waals surface area contributed by atoms with Crippen LogP contribution in [0.5, 0.6) is 0 Å². The van der Waals surface area contributed by atoms with Crippen LogP contribution < -0.4 is 10.6 Å². The van der Waals surface area contributed by atoms with Crippen molar-refractivity contribution >= 4 is 28.9 Å². The molecule has 1 heterocycles. The molecule has 1 aromatic rings. The van der Waals surface area contributed by atoms with Gasteiger partial charge in [-0.15, -0.1) is 0 Å². The summed E-state index contributed by atoms with van der Waals surface area (Å²) in [6, 6.07) is 6.74. The first kappa shape index (κ1) is 15.1. The molecule has 0 spiro atoms. The standard InChI is InChI=1S/C15H22ClN3O/c1-10-8-13(6-7-19(10)3)18-12-4-5-15(14(16)9-12)17-11(2)20/h4-5,9-10,13,18H,6-8H2,1-3H3,(H,17,20). The molecule has 1 aliphatic heterocycles. The number of hydrogen-bond acceptors (Lipinski definition) is 3. The van der Waals surface area contributed by atoms with Crippen LogP contribution in [0.25, 0.3) is 0 Å². The number of benzene rings is 1. The first-order chi connectivity index (χ1) is 9.45. The molecular formula is C15H22ClN3O. The third-order valence-corrected chi connectivity index (χ3v) is 4.17. The van der Waals surface area contributed by atoms with Gasteiger partial charge in [-0.3, -0.25) is 4.79 Å². The number of rotatable bonds is 3. The predicted molar refractivity (Wildman–Crippen MR) is 84.5 cm³/mol. The van der Waals surface area contributed by atoms with Crippen LogP contribution in [0.15, 0.2) is 18.2 Å². The predicted octanol–water partition coefficient (Wildman–Crippen LogP) is 3.19. The summed E-state index contributed by atoms with van der Waals surface area (Å²) in [4.78, 5) is 13.4. The lowest BCUT2D eigenvalue weighted by Gasteiger charge is -2.35. The molecule has 1 saturated heterocycles. The highest BCUT2D eigenvalue weighted by Crippen LogP contribution is 2.27. The highest BCUT2D eigenvalue weighted by Gasteiger charge is 2.22. The van der Waals surface area contributed by atoms with E-state index in [1.54, 1.807) is 0 Å². The zero-order chi connectivity index (χ0) is 14.7. The van der Waals surface area contributed by atoms with E-state index in [2.05, 4.69) is 29.5 Å². The largest absolute Gasteiger partial charge is 0.382 e. The molecule has 2 N–H and O–H groups in total. The Hall–Kier alpha value is -1.26. The summed E-state index contributed by atoms with van der Waals surface area (Å²) in [5.41, 5.74) is 1.66. The highest BCUT2D eigenvalue weighted by molar-refractivity contribution is 6.34. The van der Waals surface area contributed by atoms with Gasteiger partial charge in [0.15, 0.2) is 0 Å². The van der Waals surface area contributed by atoms with E-state index in [1.807, 2.05) is 18.2 Å². The van der Waals surface area contributed by atoms with Crippen molar-refractivity contribution < 1.29 is 4.79 Å². The lowest BCUT2D eigenvalue weighted by Crippen LogP contribution is -2.42. The summed E-state index contributed by atoms with van der Waals surface area (Å²) in [5, 5.41) is 6.80. The molecule has 0 aromatic heterocycles. The monoisotopic (exact) mass is 295 g/mol. The molecule has 4 nitrogen and oxygen atoms in total. The van der Waals surface area contributed by atoms with Crippen molar-refractivity contribution in [2.75, 3.05) is 24.2 Å². The highest BCUT2D eigenvalue weighted by atomic mass is 35.5. The van der Waals surface area contributed by atoms with E-state index in [-0.39, 0.29) is 5.91 Å². The number of piperidine rings is 1. The van der Waals surface area contributed by atoms with Gasteiger partial charge in [-0.2, -0.15) is 0 Å². The van der Waals surface area contributed by atoms with Crippen LogP contribution >= 0.6 is 11.6 Å². The first-order valence-electron chi connectivity index (χ1n) is 6.99. The fraction of sp³-hybridized carbons (Fsp3) is 0.533. The van der Waals surface area contributed by atoms with E-state index in [9.17, 15) is 4.79 Å². The maximum atomic E-state index is 11.0. The van der Waals surface area contributed by atoms with Gasteiger partial charge >= 0.3 is 0 Å². The Morgan fingerprint density at radius 3 is 2.80 bits per heavy atom. The number of halogens is 1. The van der Waals surface area contributed by atoms with Crippen LogP contribution in [0.2, 0.25) is 5.02 Å². The van der Waals surface area contributed by atoms with E-state index in [1.165, 1.54) is 6.92 Å². The van der Waals surface area contributed by atoms with E-state index in [4.69, 9.17) is 11.6 Å². The van der Waals surface area contributed by atoms with Crippen molar-refractivity contribution in [2.45, 2.75) is 38.8 Å². The molecule has 1 aromatic carbocycles. The fourth-order valence-corrected chi connectivity index (χ4v) is 2.78. The van der Waals surface area contributed by atoms with Crippen LogP contribution in [0, 0.1) is 0 Å². The summed E-state index contributed by atoms with van der Waals surface area (Å²) < 4.78 is 0. The topological polar surface area (TPSA) is 44.4 Å². The lowest BCUT2D eigenvalue weighted by molar-refractivity contribution is -0.114. The minimum atomic E-state index is -0.114. The van der Waals surface area contributed by atoms with E-state index >= 15 is 0 Å². The van der Waals surface area contributed by atoms with E-state index in [0.717, 1.165) is 25.1 Å². The molecule has 2 rings (SSSR count). The van der Waals surface area contributed by atoms with Crippen LogP contribution in [-0.2, 0) is 4.79 Å². The number of anilines is 2. The number of carbonyl (C=O) groups excluding carboxylic acids is 1. The van der Waals surface area contributed by atoms with Crippen molar-refractivity contribution in [2.24, 2.45) is 0 Å². The van der Waals surface area contributed by atoms with Crippen LogP contribution in [0.1, 0.15) is 26.7 Å². The second-order valence-corrected chi connectivity index (χ2v) is 5.98. The average molecular weight is 296 g/mol. The zero-order valence-corrected chi connectivity index (χ0v) is 13.0. The van der Waals surface area contributed by atoms with Crippen molar-refractivity contribution in [3.63, 3.8) is 0 Å². The van der Waals surface area contributed by atoms with Gasteiger partial charge in [0, 0.05) is 31.2 Å². The molecule has 0 aliphatic carbocycles. The molecule has 0 bridgehead atoms. The Balaban J connectivity index is 2.00. The number of likely N-dealkylation sites (tertiary alicyclic amines) is 1. The molecule has 1 amide bonds. The first-order valence-corrected chi connectivity index (χ1v) is 7.37.